The van der Waals surface area contributed by atoms with Gasteiger partial charge in [-0.2, -0.15) is 5.10 Å². The van der Waals surface area contributed by atoms with Gasteiger partial charge in [0.2, 0.25) is 0 Å². The number of aryl methyl sites for hydroxylation is 1. The molecule has 0 unspecified atom stereocenters. The van der Waals surface area contributed by atoms with Gasteiger partial charge in [0.05, 0.1) is 28.2 Å². The SMILES string of the molecule is Cn1ncc(Cl)c1CN1CCC(NC(=O)c2ccc(-c3cccc(F)c3)nc2)CC1. The van der Waals surface area contributed by atoms with Crippen molar-refractivity contribution in [2.24, 2.45) is 7.05 Å². The third-order valence-electron chi connectivity index (χ3n) is 5.45. The van der Waals surface area contributed by atoms with E-state index in [2.05, 4.69) is 20.3 Å². The molecule has 0 bridgehead atoms. The largest absolute Gasteiger partial charge is 0.349 e. The van der Waals surface area contributed by atoms with Gasteiger partial charge in [0.1, 0.15) is 5.82 Å². The molecule has 1 fully saturated rings. The summed E-state index contributed by atoms with van der Waals surface area (Å²) in [4.78, 5) is 19.2. The average Bonchev–Trinajstić information content (AvgIpc) is 3.07. The van der Waals surface area contributed by atoms with Gasteiger partial charge in [0.15, 0.2) is 0 Å². The first-order valence-electron chi connectivity index (χ1n) is 9.91. The van der Waals surface area contributed by atoms with Crippen molar-refractivity contribution in [1.82, 2.24) is 25.0 Å². The first kappa shape index (κ1) is 20.5. The van der Waals surface area contributed by atoms with Crippen LogP contribution in [0.2, 0.25) is 5.02 Å². The number of carbonyl (C=O) groups excluding carboxylic acids is 1. The molecule has 4 rings (SSSR count). The van der Waals surface area contributed by atoms with E-state index in [4.69, 9.17) is 11.6 Å². The lowest BCUT2D eigenvalue weighted by molar-refractivity contribution is 0.0908. The van der Waals surface area contributed by atoms with Gasteiger partial charge in [-0.3, -0.25) is 19.4 Å². The Kier molecular flexibility index (Phi) is 6.11. The summed E-state index contributed by atoms with van der Waals surface area (Å²) in [6.07, 6.45) is 4.94. The van der Waals surface area contributed by atoms with Crippen LogP contribution in [-0.4, -0.2) is 44.7 Å². The summed E-state index contributed by atoms with van der Waals surface area (Å²) < 4.78 is 15.2. The molecular formula is C22H23ClFN5O. The normalized spacial score (nSPS) is 15.3. The summed E-state index contributed by atoms with van der Waals surface area (Å²) in [5.74, 6) is -0.449. The fourth-order valence-electron chi connectivity index (χ4n) is 3.68. The van der Waals surface area contributed by atoms with E-state index in [1.807, 2.05) is 7.05 Å². The highest BCUT2D eigenvalue weighted by atomic mass is 35.5. The molecule has 2 aromatic heterocycles. The molecule has 6 nitrogen and oxygen atoms in total. The number of hydrogen-bond donors (Lipinski definition) is 1. The number of piperidine rings is 1. The van der Waals surface area contributed by atoms with Gasteiger partial charge in [0.25, 0.3) is 5.91 Å². The van der Waals surface area contributed by atoms with Crippen molar-refractivity contribution in [3.63, 3.8) is 0 Å². The standard InChI is InChI=1S/C22H23ClFN5O/c1-28-21(19(23)13-26-28)14-29-9-7-18(8-10-29)27-22(30)16-5-6-20(25-12-16)15-3-2-4-17(24)11-15/h2-6,11-13,18H,7-10,14H2,1H3,(H,27,30). The summed E-state index contributed by atoms with van der Waals surface area (Å²) in [5.41, 5.74) is 2.82. The number of hydrogen-bond acceptors (Lipinski definition) is 4. The Hall–Kier alpha value is -2.77. The fraction of sp³-hybridized carbons (Fsp3) is 0.318. The fourth-order valence-corrected chi connectivity index (χ4v) is 3.90. The number of aromatic nitrogens is 3. The molecule has 8 heteroatoms. The zero-order chi connectivity index (χ0) is 21.1. The molecule has 0 aliphatic carbocycles. The zero-order valence-corrected chi connectivity index (χ0v) is 17.4. The van der Waals surface area contributed by atoms with Crippen LogP contribution in [0.3, 0.4) is 0 Å². The van der Waals surface area contributed by atoms with E-state index < -0.39 is 0 Å². The minimum atomic E-state index is -0.312. The van der Waals surface area contributed by atoms with Gasteiger partial charge in [-0.1, -0.05) is 23.7 Å². The Morgan fingerprint density at radius 1 is 1.23 bits per heavy atom. The van der Waals surface area contributed by atoms with Gasteiger partial charge in [-0.15, -0.1) is 0 Å². The number of likely N-dealkylation sites (tertiary alicyclic amines) is 1. The van der Waals surface area contributed by atoms with Crippen LogP contribution in [0, 0.1) is 5.82 Å². The topological polar surface area (TPSA) is 63.1 Å². The second-order valence-corrected chi connectivity index (χ2v) is 7.94. The third-order valence-corrected chi connectivity index (χ3v) is 5.77. The Labute approximate surface area is 179 Å². The number of halogens is 2. The molecule has 1 aliphatic heterocycles. The first-order valence-corrected chi connectivity index (χ1v) is 10.3. The highest BCUT2D eigenvalue weighted by Gasteiger charge is 2.22. The summed E-state index contributed by atoms with van der Waals surface area (Å²) >= 11 is 6.20. The minimum absolute atomic E-state index is 0.124. The molecule has 0 atom stereocenters. The third kappa shape index (κ3) is 4.68. The number of nitrogens with one attached hydrogen (secondary N) is 1. The highest BCUT2D eigenvalue weighted by Crippen LogP contribution is 2.20. The molecule has 1 amide bonds. The van der Waals surface area contributed by atoms with Crippen molar-refractivity contribution < 1.29 is 9.18 Å². The molecule has 3 aromatic rings. The molecule has 3 heterocycles. The Bertz CT molecular complexity index is 1010. The van der Waals surface area contributed by atoms with Crippen LogP contribution in [0.1, 0.15) is 28.9 Å². The number of carbonyl (C=O) groups is 1. The number of pyridine rings is 1. The lowest BCUT2D eigenvalue weighted by Crippen LogP contribution is -2.44. The summed E-state index contributed by atoms with van der Waals surface area (Å²) in [7, 11) is 1.89. The smallest absolute Gasteiger partial charge is 0.253 e. The van der Waals surface area contributed by atoms with Crippen molar-refractivity contribution >= 4 is 17.5 Å². The van der Waals surface area contributed by atoms with Crippen LogP contribution in [0.4, 0.5) is 4.39 Å². The van der Waals surface area contributed by atoms with Crippen molar-refractivity contribution in [3.05, 3.63) is 70.9 Å². The molecule has 1 saturated heterocycles. The Morgan fingerprint density at radius 2 is 2.03 bits per heavy atom. The first-order chi connectivity index (χ1) is 14.5. The van der Waals surface area contributed by atoms with E-state index in [0.29, 0.717) is 21.8 Å². The zero-order valence-electron chi connectivity index (χ0n) is 16.7. The quantitative estimate of drug-likeness (QED) is 0.674. The van der Waals surface area contributed by atoms with Crippen LogP contribution < -0.4 is 5.32 Å². The molecule has 1 N–H and O–H groups in total. The number of amides is 1. The van der Waals surface area contributed by atoms with E-state index >= 15 is 0 Å². The maximum Gasteiger partial charge on any atom is 0.253 e. The highest BCUT2D eigenvalue weighted by molar-refractivity contribution is 6.31. The van der Waals surface area contributed by atoms with Crippen molar-refractivity contribution in [2.45, 2.75) is 25.4 Å². The lowest BCUT2D eigenvalue weighted by Gasteiger charge is -2.32. The van der Waals surface area contributed by atoms with E-state index in [0.717, 1.165) is 38.2 Å². The maximum absolute atomic E-state index is 13.4. The van der Waals surface area contributed by atoms with Gasteiger partial charge >= 0.3 is 0 Å². The van der Waals surface area contributed by atoms with Crippen LogP contribution in [-0.2, 0) is 13.6 Å². The predicted molar refractivity (Wildman–Crippen MR) is 114 cm³/mol. The average molecular weight is 428 g/mol. The number of nitrogens with zero attached hydrogens (tertiary/aromatic N) is 4. The van der Waals surface area contributed by atoms with Gasteiger partial charge in [0, 0.05) is 44.5 Å². The van der Waals surface area contributed by atoms with E-state index in [9.17, 15) is 9.18 Å². The van der Waals surface area contributed by atoms with Gasteiger partial charge < -0.3 is 5.32 Å². The van der Waals surface area contributed by atoms with Crippen LogP contribution in [0.25, 0.3) is 11.3 Å². The molecular weight excluding hydrogens is 405 g/mol. The minimum Gasteiger partial charge on any atom is -0.349 e. The Morgan fingerprint density at radius 3 is 2.67 bits per heavy atom. The Balaban J connectivity index is 1.30. The molecule has 1 aromatic carbocycles. The summed E-state index contributed by atoms with van der Waals surface area (Å²) in [6, 6.07) is 9.83. The molecule has 156 valence electrons. The van der Waals surface area contributed by atoms with Crippen LogP contribution in [0.15, 0.2) is 48.8 Å². The number of rotatable bonds is 5. The van der Waals surface area contributed by atoms with Crippen molar-refractivity contribution in [3.8, 4) is 11.3 Å². The second-order valence-electron chi connectivity index (χ2n) is 7.53. The van der Waals surface area contributed by atoms with E-state index in [1.165, 1.54) is 18.3 Å². The van der Waals surface area contributed by atoms with Crippen molar-refractivity contribution in [1.29, 1.82) is 0 Å². The van der Waals surface area contributed by atoms with Crippen LogP contribution in [0.5, 0.6) is 0 Å². The summed E-state index contributed by atoms with van der Waals surface area (Å²) in [5, 5.41) is 7.95. The van der Waals surface area contributed by atoms with Gasteiger partial charge in [-0.25, -0.2) is 4.39 Å². The van der Waals surface area contributed by atoms with E-state index in [-0.39, 0.29) is 17.8 Å². The summed E-state index contributed by atoms with van der Waals surface area (Å²) in [6.45, 7) is 2.51. The molecule has 1 aliphatic rings. The molecule has 0 radical (unpaired) electrons. The molecule has 0 saturated carbocycles. The van der Waals surface area contributed by atoms with Crippen molar-refractivity contribution in [2.75, 3.05) is 13.1 Å². The van der Waals surface area contributed by atoms with E-state index in [1.54, 1.807) is 35.1 Å². The monoisotopic (exact) mass is 427 g/mol. The predicted octanol–water partition coefficient (Wildman–Crippen LogP) is 3.67. The van der Waals surface area contributed by atoms with Gasteiger partial charge in [-0.05, 0) is 37.1 Å². The number of benzene rings is 1. The lowest BCUT2D eigenvalue weighted by atomic mass is 10.0. The maximum atomic E-state index is 13.4. The molecule has 30 heavy (non-hydrogen) atoms. The second kappa shape index (κ2) is 8.93. The van der Waals surface area contributed by atoms with Crippen LogP contribution >= 0.6 is 11.6 Å². The molecule has 0 spiro atoms.